The fourth-order valence-corrected chi connectivity index (χ4v) is 2.02. The van der Waals surface area contributed by atoms with E-state index in [-0.39, 0.29) is 5.75 Å². The summed E-state index contributed by atoms with van der Waals surface area (Å²) >= 11 is 0. The van der Waals surface area contributed by atoms with Crippen molar-refractivity contribution in [3.05, 3.63) is 54.6 Å². The zero-order valence-electron chi connectivity index (χ0n) is 8.41. The minimum absolute atomic E-state index is 0.145. The first-order valence-corrected chi connectivity index (χ1v) is 5.93. The van der Waals surface area contributed by atoms with Crippen molar-refractivity contribution in [3.63, 3.8) is 0 Å². The molecule has 0 radical (unpaired) electrons. The van der Waals surface area contributed by atoms with Crippen molar-refractivity contribution in [2.45, 2.75) is 0 Å². The molecule has 0 fully saturated rings. The predicted octanol–water partition coefficient (Wildman–Crippen LogP) is 2.84. The second-order valence-electron chi connectivity index (χ2n) is 3.18. The summed E-state index contributed by atoms with van der Waals surface area (Å²) in [5, 5.41) is 9.64. The molecule has 0 bridgehead atoms. The van der Waals surface area contributed by atoms with Gasteiger partial charge in [0.05, 0.1) is 0 Å². The van der Waals surface area contributed by atoms with E-state index in [2.05, 4.69) is 0 Å². The second kappa shape index (κ2) is 4.77. The fourth-order valence-electron chi connectivity index (χ4n) is 1.20. The molecule has 2 aromatic carbocycles. The van der Waals surface area contributed by atoms with E-state index in [4.69, 9.17) is 9.63 Å². The van der Waals surface area contributed by atoms with E-state index in [9.17, 15) is 4.57 Å². The smallest absolute Gasteiger partial charge is 0.508 e. The zero-order valence-corrected chi connectivity index (χ0v) is 9.30. The molecule has 1 atom stereocenters. The predicted molar refractivity (Wildman–Crippen MR) is 62.4 cm³/mol. The first-order chi connectivity index (χ1) is 7.75. The molecule has 2 rings (SSSR count). The van der Waals surface area contributed by atoms with E-state index >= 15 is 0 Å². The van der Waals surface area contributed by atoms with E-state index in [0.29, 0.717) is 11.1 Å². The van der Waals surface area contributed by atoms with Gasteiger partial charge in [-0.3, -0.25) is 4.52 Å². The van der Waals surface area contributed by atoms with Gasteiger partial charge < -0.3 is 5.11 Å². The minimum Gasteiger partial charge on any atom is -0.508 e. The highest BCUT2D eigenvalue weighted by molar-refractivity contribution is 7.48. The van der Waals surface area contributed by atoms with Crippen LogP contribution in [0.4, 0.5) is 0 Å². The average Bonchev–Trinajstić information content (AvgIpc) is 2.31. The van der Waals surface area contributed by atoms with Crippen LogP contribution < -0.4 is 9.83 Å². The Morgan fingerprint density at radius 3 is 2.19 bits per heavy atom. The molecule has 3 nitrogen and oxygen atoms in total. The topological polar surface area (TPSA) is 46.5 Å². The lowest BCUT2D eigenvalue weighted by atomic mass is 10.3. The number of aromatic hydroxyl groups is 1. The Morgan fingerprint density at radius 2 is 1.56 bits per heavy atom. The third-order valence-corrected chi connectivity index (χ3v) is 3.09. The van der Waals surface area contributed by atoms with Crippen LogP contribution in [0.3, 0.4) is 0 Å². The van der Waals surface area contributed by atoms with Gasteiger partial charge in [-0.25, -0.2) is 0 Å². The van der Waals surface area contributed by atoms with Crippen LogP contribution in [0.5, 0.6) is 11.5 Å². The summed E-state index contributed by atoms with van der Waals surface area (Å²) in [5.74, 6) is 0.712. The van der Waals surface area contributed by atoms with Gasteiger partial charge in [-0.1, -0.05) is 18.2 Å². The first kappa shape index (κ1) is 10.7. The highest BCUT2D eigenvalue weighted by Crippen LogP contribution is 2.26. The van der Waals surface area contributed by atoms with Crippen molar-refractivity contribution in [1.82, 2.24) is 0 Å². The molecule has 80 valence electrons. The van der Waals surface area contributed by atoms with Crippen molar-refractivity contribution < 1.29 is 14.2 Å². The molecule has 0 saturated carbocycles. The minimum atomic E-state index is -1.93. The van der Waals surface area contributed by atoms with Crippen LogP contribution in [0.15, 0.2) is 54.6 Å². The summed E-state index contributed by atoms with van der Waals surface area (Å²) < 4.78 is 17.0. The van der Waals surface area contributed by atoms with E-state index in [1.54, 1.807) is 24.3 Å². The Hall–Kier alpha value is -1.86. The standard InChI is InChI=1S/C12H9O3P/c13-10-6-8-12(9-7-10)16(14)15-11-4-2-1-3-5-11/h1-9H/p+1. The van der Waals surface area contributed by atoms with Gasteiger partial charge in [-0.05, 0) is 41.0 Å². The summed E-state index contributed by atoms with van der Waals surface area (Å²) in [6, 6.07) is 15.1. The first-order valence-electron chi connectivity index (χ1n) is 4.75. The van der Waals surface area contributed by atoms with Crippen LogP contribution >= 0.6 is 8.03 Å². The van der Waals surface area contributed by atoms with Gasteiger partial charge >= 0.3 is 8.03 Å². The highest BCUT2D eigenvalue weighted by atomic mass is 31.1. The molecule has 16 heavy (non-hydrogen) atoms. The molecule has 1 unspecified atom stereocenters. The Morgan fingerprint density at radius 1 is 0.938 bits per heavy atom. The lowest BCUT2D eigenvalue weighted by Gasteiger charge is -1.92. The molecular weight excluding hydrogens is 223 g/mol. The molecule has 4 heteroatoms. The molecule has 0 saturated heterocycles. The Bertz CT molecular complexity index is 479. The lowest BCUT2D eigenvalue weighted by molar-refractivity contribution is 0.475. The van der Waals surface area contributed by atoms with E-state index in [1.165, 1.54) is 12.1 Å². The summed E-state index contributed by atoms with van der Waals surface area (Å²) in [6.45, 7) is 0. The number of benzene rings is 2. The summed E-state index contributed by atoms with van der Waals surface area (Å²) in [4.78, 5) is 0. The third kappa shape index (κ3) is 2.59. The Balaban J connectivity index is 2.12. The number of hydrogen-bond acceptors (Lipinski definition) is 3. The normalized spacial score (nSPS) is 10.9. The lowest BCUT2D eigenvalue weighted by Crippen LogP contribution is -1.98. The molecule has 0 aliphatic heterocycles. The average molecular weight is 233 g/mol. The highest BCUT2D eigenvalue weighted by Gasteiger charge is 2.23. The van der Waals surface area contributed by atoms with Crippen LogP contribution in [0, 0.1) is 0 Å². The van der Waals surface area contributed by atoms with Gasteiger partial charge in [0.1, 0.15) is 5.75 Å². The van der Waals surface area contributed by atoms with Crippen molar-refractivity contribution >= 4 is 13.3 Å². The molecule has 2 aromatic rings. The van der Waals surface area contributed by atoms with Gasteiger partial charge in [0, 0.05) is 0 Å². The van der Waals surface area contributed by atoms with Crippen molar-refractivity contribution in [2.75, 3.05) is 0 Å². The van der Waals surface area contributed by atoms with Crippen molar-refractivity contribution in [2.24, 2.45) is 0 Å². The summed E-state index contributed by atoms with van der Waals surface area (Å²) in [7, 11) is -1.93. The molecule has 0 aliphatic rings. The molecular formula is C12H10O3P+. The summed E-state index contributed by atoms with van der Waals surface area (Å²) in [6.07, 6.45) is 0. The van der Waals surface area contributed by atoms with Crippen molar-refractivity contribution in [1.29, 1.82) is 0 Å². The largest absolute Gasteiger partial charge is 0.597 e. The third-order valence-electron chi connectivity index (χ3n) is 1.99. The van der Waals surface area contributed by atoms with Crippen LogP contribution in [0.1, 0.15) is 0 Å². The number of phenols is 1. The van der Waals surface area contributed by atoms with Gasteiger partial charge in [-0.15, -0.1) is 0 Å². The van der Waals surface area contributed by atoms with Crippen molar-refractivity contribution in [3.8, 4) is 11.5 Å². The molecule has 0 spiro atoms. The van der Waals surface area contributed by atoms with Crippen LogP contribution in [-0.2, 0) is 4.57 Å². The summed E-state index contributed by atoms with van der Waals surface area (Å²) in [5.41, 5.74) is 0. The van der Waals surface area contributed by atoms with Crippen LogP contribution in [-0.4, -0.2) is 5.11 Å². The maximum Gasteiger partial charge on any atom is 0.597 e. The van der Waals surface area contributed by atoms with Gasteiger partial charge in [0.25, 0.3) is 0 Å². The van der Waals surface area contributed by atoms with E-state index in [1.807, 2.05) is 18.2 Å². The molecule has 1 N–H and O–H groups in total. The van der Waals surface area contributed by atoms with Crippen LogP contribution in [0.2, 0.25) is 0 Å². The van der Waals surface area contributed by atoms with Gasteiger partial charge in [0.15, 0.2) is 5.75 Å². The molecule has 0 aliphatic carbocycles. The van der Waals surface area contributed by atoms with E-state index < -0.39 is 8.03 Å². The zero-order chi connectivity index (χ0) is 11.4. The van der Waals surface area contributed by atoms with E-state index in [0.717, 1.165) is 0 Å². The maximum absolute atomic E-state index is 11.8. The number of para-hydroxylation sites is 1. The number of rotatable bonds is 3. The van der Waals surface area contributed by atoms with Gasteiger partial charge in [0.2, 0.25) is 5.30 Å². The quantitative estimate of drug-likeness (QED) is 0.829. The molecule has 0 aromatic heterocycles. The van der Waals surface area contributed by atoms with Crippen LogP contribution in [0.25, 0.3) is 0 Å². The molecule has 0 heterocycles. The number of hydrogen-bond donors (Lipinski definition) is 1. The second-order valence-corrected chi connectivity index (χ2v) is 4.39. The van der Waals surface area contributed by atoms with Gasteiger partial charge in [-0.2, -0.15) is 0 Å². The molecule has 0 amide bonds. The Labute approximate surface area is 94.2 Å². The fraction of sp³-hybridized carbons (Fsp3) is 0. The maximum atomic E-state index is 11.8. The Kier molecular flexibility index (Phi) is 3.18. The SMILES string of the molecule is O=[P+](Oc1ccccc1)c1ccc(O)cc1. The monoisotopic (exact) mass is 233 g/mol. The number of phenolic OH excluding ortho intramolecular Hbond substituents is 1.